The third-order valence-electron chi connectivity index (χ3n) is 2.09. The summed E-state index contributed by atoms with van der Waals surface area (Å²) in [5.41, 5.74) is 4.57. The van der Waals surface area contributed by atoms with Gasteiger partial charge in [-0.15, -0.1) is 0 Å². The Morgan fingerprint density at radius 3 is 2.56 bits per heavy atom. The number of hydrogen-bond donors (Lipinski definition) is 3. The second kappa shape index (κ2) is 5.21. The molecule has 8 heteroatoms. The highest BCUT2D eigenvalue weighted by molar-refractivity contribution is 5.82. The van der Waals surface area contributed by atoms with Gasteiger partial charge in [0.1, 0.15) is 17.6 Å². The molecule has 0 aromatic heterocycles. The molecule has 0 aliphatic carbocycles. The molecule has 1 unspecified atom stereocenters. The zero-order chi connectivity index (χ0) is 13.9. The fraction of sp³-hybridized carbons (Fsp3) is 0.300. The van der Waals surface area contributed by atoms with Crippen molar-refractivity contribution in [3.8, 4) is 5.75 Å². The van der Waals surface area contributed by atoms with Crippen LogP contribution < -0.4 is 11.1 Å². The first-order valence-electron chi connectivity index (χ1n) is 4.78. The summed E-state index contributed by atoms with van der Waals surface area (Å²) in [6.45, 7) is -1.49. The second-order valence-corrected chi connectivity index (χ2v) is 3.53. The number of phenolic OH excluding ortho intramolecular Hbond substituents is 1. The Labute approximate surface area is 99.4 Å². The molecule has 4 nitrogen and oxygen atoms in total. The van der Waals surface area contributed by atoms with Crippen molar-refractivity contribution in [1.29, 1.82) is 0 Å². The van der Waals surface area contributed by atoms with Crippen LogP contribution in [-0.4, -0.2) is 23.7 Å². The van der Waals surface area contributed by atoms with Crippen molar-refractivity contribution in [3.05, 3.63) is 29.6 Å². The lowest BCUT2D eigenvalue weighted by Crippen LogP contribution is -2.39. The largest absolute Gasteiger partial charge is 0.508 e. The topological polar surface area (TPSA) is 75.4 Å². The number of nitrogens with one attached hydrogen (secondary N) is 1. The molecule has 1 aromatic rings. The first-order valence-corrected chi connectivity index (χ1v) is 4.78. The van der Waals surface area contributed by atoms with E-state index in [4.69, 9.17) is 5.73 Å². The van der Waals surface area contributed by atoms with E-state index in [1.54, 1.807) is 0 Å². The number of nitrogens with two attached hydrogens (primary N) is 1. The van der Waals surface area contributed by atoms with Gasteiger partial charge in [-0.1, -0.05) is 0 Å². The Kier molecular flexibility index (Phi) is 4.12. The standard InChI is InChI=1S/C10H10F4N2O2/c11-5-1-2-7(17)6(3-5)8(9(15)18)16-4-10(12,13)14/h1-3,8,16-17H,4H2,(H2,15,18). The first kappa shape index (κ1) is 14.2. The molecular weight excluding hydrogens is 256 g/mol. The van der Waals surface area contributed by atoms with Gasteiger partial charge in [0.15, 0.2) is 0 Å². The smallest absolute Gasteiger partial charge is 0.401 e. The summed E-state index contributed by atoms with van der Waals surface area (Å²) in [6, 6.07) is 0.951. The lowest BCUT2D eigenvalue weighted by atomic mass is 10.0. The van der Waals surface area contributed by atoms with Gasteiger partial charge in [0, 0.05) is 5.56 Å². The molecule has 4 N–H and O–H groups in total. The summed E-state index contributed by atoms with van der Waals surface area (Å²) in [4.78, 5) is 11.0. The molecule has 0 radical (unpaired) electrons. The molecule has 0 saturated carbocycles. The molecule has 0 heterocycles. The predicted octanol–water partition coefficient (Wildman–Crippen LogP) is 1.21. The van der Waals surface area contributed by atoms with Crippen molar-refractivity contribution in [2.75, 3.05) is 6.54 Å². The van der Waals surface area contributed by atoms with Crippen molar-refractivity contribution >= 4 is 5.91 Å². The minimum atomic E-state index is -4.56. The maximum atomic E-state index is 12.9. The van der Waals surface area contributed by atoms with Gasteiger partial charge in [0.05, 0.1) is 6.54 Å². The normalized spacial score (nSPS) is 13.3. The molecule has 0 fully saturated rings. The third kappa shape index (κ3) is 3.88. The first-order chi connectivity index (χ1) is 8.20. The highest BCUT2D eigenvalue weighted by Gasteiger charge is 2.31. The van der Waals surface area contributed by atoms with Crippen LogP contribution >= 0.6 is 0 Å². The number of rotatable bonds is 4. The third-order valence-corrected chi connectivity index (χ3v) is 2.09. The maximum Gasteiger partial charge on any atom is 0.401 e. The Balaban J connectivity index is 2.98. The number of halogens is 4. The molecule has 0 aliphatic heterocycles. The number of phenols is 1. The fourth-order valence-electron chi connectivity index (χ4n) is 1.34. The van der Waals surface area contributed by atoms with Crippen molar-refractivity contribution in [3.63, 3.8) is 0 Å². The number of hydrogen-bond acceptors (Lipinski definition) is 3. The van der Waals surface area contributed by atoms with E-state index in [-0.39, 0.29) is 5.56 Å². The lowest BCUT2D eigenvalue weighted by Gasteiger charge is -2.18. The van der Waals surface area contributed by atoms with Crippen LogP contribution in [0.5, 0.6) is 5.75 Å². The minimum Gasteiger partial charge on any atom is -0.508 e. The van der Waals surface area contributed by atoms with Crippen molar-refractivity contribution in [2.45, 2.75) is 12.2 Å². The van der Waals surface area contributed by atoms with E-state index in [9.17, 15) is 27.5 Å². The Morgan fingerprint density at radius 2 is 2.06 bits per heavy atom. The SMILES string of the molecule is NC(=O)C(NCC(F)(F)F)c1cc(F)ccc1O. The number of amides is 1. The van der Waals surface area contributed by atoms with E-state index >= 15 is 0 Å². The van der Waals surface area contributed by atoms with Gasteiger partial charge >= 0.3 is 6.18 Å². The molecule has 1 atom stereocenters. The van der Waals surface area contributed by atoms with Crippen LogP contribution in [-0.2, 0) is 4.79 Å². The predicted molar refractivity (Wildman–Crippen MR) is 54.1 cm³/mol. The molecule has 0 aliphatic rings. The Hall–Kier alpha value is -1.83. The zero-order valence-corrected chi connectivity index (χ0v) is 8.96. The molecule has 1 rings (SSSR count). The van der Waals surface area contributed by atoms with Crippen molar-refractivity contribution in [2.24, 2.45) is 5.73 Å². The highest BCUT2D eigenvalue weighted by atomic mass is 19.4. The Bertz CT molecular complexity index is 448. The van der Waals surface area contributed by atoms with Crippen molar-refractivity contribution in [1.82, 2.24) is 5.32 Å². The van der Waals surface area contributed by atoms with Crippen LogP contribution in [0, 0.1) is 5.82 Å². The van der Waals surface area contributed by atoms with Gasteiger partial charge in [-0.25, -0.2) is 4.39 Å². The van der Waals surface area contributed by atoms with Crippen LogP contribution in [0.1, 0.15) is 11.6 Å². The van der Waals surface area contributed by atoms with Gasteiger partial charge in [-0.2, -0.15) is 13.2 Å². The summed E-state index contributed by atoms with van der Waals surface area (Å²) in [5.74, 6) is -2.47. The summed E-state index contributed by atoms with van der Waals surface area (Å²) in [6.07, 6.45) is -4.56. The van der Waals surface area contributed by atoms with Crippen LogP contribution in [0.15, 0.2) is 18.2 Å². The van der Waals surface area contributed by atoms with Crippen LogP contribution in [0.4, 0.5) is 17.6 Å². The molecule has 0 saturated heterocycles. The van der Waals surface area contributed by atoms with Gasteiger partial charge in [0.25, 0.3) is 0 Å². The summed E-state index contributed by atoms with van der Waals surface area (Å²) < 4.78 is 49.0. The summed E-state index contributed by atoms with van der Waals surface area (Å²) >= 11 is 0. The zero-order valence-electron chi connectivity index (χ0n) is 8.96. The van der Waals surface area contributed by atoms with E-state index in [1.807, 2.05) is 5.32 Å². The molecule has 1 aromatic carbocycles. The number of primary amides is 1. The van der Waals surface area contributed by atoms with Gasteiger partial charge in [-0.05, 0) is 18.2 Å². The van der Waals surface area contributed by atoms with Crippen LogP contribution in [0.25, 0.3) is 0 Å². The molecule has 0 bridgehead atoms. The monoisotopic (exact) mass is 266 g/mol. The number of carbonyl (C=O) groups is 1. The second-order valence-electron chi connectivity index (χ2n) is 3.53. The highest BCUT2D eigenvalue weighted by Crippen LogP contribution is 2.25. The Morgan fingerprint density at radius 1 is 1.44 bits per heavy atom. The number of aromatic hydroxyl groups is 1. The van der Waals surface area contributed by atoms with Crippen molar-refractivity contribution < 1.29 is 27.5 Å². The average Bonchev–Trinajstić information content (AvgIpc) is 2.21. The molecule has 18 heavy (non-hydrogen) atoms. The quantitative estimate of drug-likeness (QED) is 0.717. The van der Waals surface area contributed by atoms with Gasteiger partial charge in [0.2, 0.25) is 5.91 Å². The number of alkyl halides is 3. The number of benzene rings is 1. The number of carbonyl (C=O) groups excluding carboxylic acids is 1. The van der Waals surface area contributed by atoms with Crippen LogP contribution in [0.3, 0.4) is 0 Å². The van der Waals surface area contributed by atoms with E-state index in [0.717, 1.165) is 18.2 Å². The van der Waals surface area contributed by atoms with Gasteiger partial charge < -0.3 is 10.8 Å². The average molecular weight is 266 g/mol. The van der Waals surface area contributed by atoms with Crippen LogP contribution in [0.2, 0.25) is 0 Å². The maximum absolute atomic E-state index is 12.9. The summed E-state index contributed by atoms with van der Waals surface area (Å²) in [5, 5.41) is 11.2. The molecule has 0 spiro atoms. The van der Waals surface area contributed by atoms with Gasteiger partial charge in [-0.3, -0.25) is 10.1 Å². The lowest BCUT2D eigenvalue weighted by molar-refractivity contribution is -0.130. The molecular formula is C10H10F4N2O2. The van der Waals surface area contributed by atoms with E-state index in [0.29, 0.717) is 0 Å². The fourth-order valence-corrected chi connectivity index (χ4v) is 1.34. The molecule has 1 amide bonds. The minimum absolute atomic E-state index is 0.341. The van der Waals surface area contributed by atoms with E-state index in [2.05, 4.69) is 0 Å². The summed E-state index contributed by atoms with van der Waals surface area (Å²) in [7, 11) is 0. The van der Waals surface area contributed by atoms with E-state index < -0.39 is 36.2 Å². The molecule has 100 valence electrons. The van der Waals surface area contributed by atoms with E-state index in [1.165, 1.54) is 0 Å².